The molecule has 11 heteroatoms. The SMILES string of the molecule is CCCn1c(=O)c2c(nc(-c3ccc(OC(N)=NO)cc3)n2COCc2ccccc2)n(CCC)c1=O. The lowest BCUT2D eigenvalue weighted by molar-refractivity contribution is 0.0673. The normalized spacial score (nSPS) is 11.8. The van der Waals surface area contributed by atoms with Crippen molar-refractivity contribution < 1.29 is 14.7 Å². The molecule has 0 aliphatic heterocycles. The van der Waals surface area contributed by atoms with Crippen molar-refractivity contribution in [3.8, 4) is 17.1 Å². The summed E-state index contributed by atoms with van der Waals surface area (Å²) in [6.45, 7) is 5.01. The molecule has 194 valence electrons. The Morgan fingerprint density at radius 3 is 2.30 bits per heavy atom. The molecule has 0 bridgehead atoms. The van der Waals surface area contributed by atoms with Crippen LogP contribution in [0.4, 0.5) is 0 Å². The summed E-state index contributed by atoms with van der Waals surface area (Å²) in [5.41, 5.74) is 6.94. The maximum Gasteiger partial charge on any atom is 0.332 e. The van der Waals surface area contributed by atoms with E-state index < -0.39 is 11.6 Å². The highest BCUT2D eigenvalue weighted by Gasteiger charge is 2.22. The van der Waals surface area contributed by atoms with Crippen LogP contribution in [0.25, 0.3) is 22.6 Å². The van der Waals surface area contributed by atoms with Crippen LogP contribution in [0.15, 0.2) is 69.3 Å². The van der Waals surface area contributed by atoms with Crippen LogP contribution >= 0.6 is 0 Å². The van der Waals surface area contributed by atoms with Gasteiger partial charge in [0.05, 0.1) is 6.61 Å². The summed E-state index contributed by atoms with van der Waals surface area (Å²) in [5.74, 6) is 0.823. The predicted octanol–water partition coefficient (Wildman–Crippen LogP) is 3.10. The number of nitrogens with two attached hydrogens (primary N) is 1. The number of aryl methyl sites for hydroxylation is 1. The van der Waals surface area contributed by atoms with Crippen molar-refractivity contribution >= 4 is 17.2 Å². The van der Waals surface area contributed by atoms with Gasteiger partial charge in [-0.15, -0.1) is 0 Å². The second-order valence-electron chi connectivity index (χ2n) is 8.45. The number of hydrogen-bond acceptors (Lipinski definition) is 7. The lowest BCUT2D eigenvalue weighted by atomic mass is 10.2. The van der Waals surface area contributed by atoms with E-state index in [2.05, 4.69) is 5.16 Å². The van der Waals surface area contributed by atoms with E-state index >= 15 is 0 Å². The van der Waals surface area contributed by atoms with E-state index in [4.69, 9.17) is 25.4 Å². The van der Waals surface area contributed by atoms with Crippen LogP contribution in [0.2, 0.25) is 0 Å². The molecule has 2 heterocycles. The van der Waals surface area contributed by atoms with Gasteiger partial charge < -0.3 is 20.4 Å². The molecular weight excluding hydrogens is 476 g/mol. The number of aromatic nitrogens is 4. The van der Waals surface area contributed by atoms with Crippen molar-refractivity contribution in [2.75, 3.05) is 0 Å². The molecule has 0 amide bonds. The Morgan fingerprint density at radius 2 is 1.65 bits per heavy atom. The standard InChI is InChI=1S/C26H30N6O5/c1-3-14-30-23-21(24(33)31(15-4-2)26(30)34)32(17-36-16-18-8-6-5-7-9-18)22(28-23)19-10-12-20(13-11-19)37-25(27)29-35/h5-13,35H,3-4,14-17H2,1-2H3,(H2,27,29). The van der Waals surface area contributed by atoms with Crippen molar-refractivity contribution in [1.82, 2.24) is 18.7 Å². The van der Waals surface area contributed by atoms with E-state index in [0.29, 0.717) is 60.8 Å². The molecule has 2 aromatic heterocycles. The molecule has 37 heavy (non-hydrogen) atoms. The van der Waals surface area contributed by atoms with E-state index in [1.54, 1.807) is 33.4 Å². The van der Waals surface area contributed by atoms with Crippen molar-refractivity contribution in [2.24, 2.45) is 10.9 Å². The summed E-state index contributed by atoms with van der Waals surface area (Å²) in [6, 6.07) is 16.1. The summed E-state index contributed by atoms with van der Waals surface area (Å²) < 4.78 is 15.8. The molecular formula is C26H30N6O5. The van der Waals surface area contributed by atoms with Crippen molar-refractivity contribution in [3.05, 3.63) is 81.0 Å². The van der Waals surface area contributed by atoms with Crippen LogP contribution in [0.5, 0.6) is 5.75 Å². The topological polar surface area (TPSA) is 139 Å². The van der Waals surface area contributed by atoms with Crippen LogP contribution < -0.4 is 21.7 Å². The Hall–Kier alpha value is -4.38. The van der Waals surface area contributed by atoms with Crippen LogP contribution in [-0.2, 0) is 31.2 Å². The zero-order valence-corrected chi connectivity index (χ0v) is 20.8. The van der Waals surface area contributed by atoms with Gasteiger partial charge in [-0.3, -0.25) is 18.5 Å². The third-order valence-electron chi connectivity index (χ3n) is 5.77. The van der Waals surface area contributed by atoms with Gasteiger partial charge in [-0.2, -0.15) is 0 Å². The Labute approximate surface area is 213 Å². The van der Waals surface area contributed by atoms with E-state index in [1.807, 2.05) is 44.2 Å². The number of ether oxygens (including phenoxy) is 2. The number of rotatable bonds is 10. The fourth-order valence-electron chi connectivity index (χ4n) is 4.12. The molecule has 11 nitrogen and oxygen atoms in total. The number of benzene rings is 2. The molecule has 0 fully saturated rings. The molecule has 0 spiro atoms. The third kappa shape index (κ3) is 5.41. The first-order chi connectivity index (χ1) is 18.0. The molecule has 0 aliphatic carbocycles. The summed E-state index contributed by atoms with van der Waals surface area (Å²) in [4.78, 5) is 31.5. The number of fused-ring (bicyclic) bond motifs is 1. The minimum atomic E-state index is -0.400. The molecule has 0 atom stereocenters. The number of imidazole rings is 1. The summed E-state index contributed by atoms with van der Waals surface area (Å²) in [7, 11) is 0. The average Bonchev–Trinajstić information content (AvgIpc) is 3.29. The van der Waals surface area contributed by atoms with Gasteiger partial charge in [-0.25, -0.2) is 9.78 Å². The van der Waals surface area contributed by atoms with Crippen LogP contribution in [0, 0.1) is 0 Å². The number of nitrogens with zero attached hydrogens (tertiary/aromatic N) is 5. The quantitative estimate of drug-likeness (QED) is 0.146. The van der Waals surface area contributed by atoms with Gasteiger partial charge in [-0.05, 0) is 47.8 Å². The molecule has 0 aliphatic rings. The van der Waals surface area contributed by atoms with E-state index in [1.165, 1.54) is 4.57 Å². The highest BCUT2D eigenvalue weighted by atomic mass is 16.5. The fourth-order valence-corrected chi connectivity index (χ4v) is 4.12. The van der Waals surface area contributed by atoms with Crippen molar-refractivity contribution in [3.63, 3.8) is 0 Å². The first-order valence-electron chi connectivity index (χ1n) is 12.1. The minimum absolute atomic E-state index is 0.0504. The maximum atomic E-state index is 13.6. The van der Waals surface area contributed by atoms with Gasteiger partial charge in [0.25, 0.3) is 5.56 Å². The molecule has 0 unspecified atom stereocenters. The Morgan fingerprint density at radius 1 is 0.973 bits per heavy atom. The second-order valence-corrected chi connectivity index (χ2v) is 8.45. The van der Waals surface area contributed by atoms with E-state index in [-0.39, 0.29) is 12.4 Å². The number of hydrogen-bond donors (Lipinski definition) is 2. The Kier molecular flexibility index (Phi) is 8.04. The van der Waals surface area contributed by atoms with E-state index in [0.717, 1.165) is 5.56 Å². The molecule has 4 aromatic rings. The van der Waals surface area contributed by atoms with Gasteiger partial charge in [0.1, 0.15) is 18.3 Å². The summed E-state index contributed by atoms with van der Waals surface area (Å²) >= 11 is 0. The van der Waals surface area contributed by atoms with E-state index in [9.17, 15) is 9.59 Å². The lowest BCUT2D eigenvalue weighted by Gasteiger charge is -2.13. The number of oxime groups is 1. The second kappa shape index (κ2) is 11.6. The lowest BCUT2D eigenvalue weighted by Crippen LogP contribution is -2.40. The van der Waals surface area contributed by atoms with Crippen LogP contribution in [0.3, 0.4) is 0 Å². The predicted molar refractivity (Wildman–Crippen MR) is 140 cm³/mol. The Balaban J connectivity index is 1.86. The molecule has 0 radical (unpaired) electrons. The summed E-state index contributed by atoms with van der Waals surface area (Å²) in [5, 5.41) is 11.5. The maximum absolute atomic E-state index is 13.6. The van der Waals surface area contributed by atoms with Crippen molar-refractivity contribution in [2.45, 2.75) is 53.1 Å². The smallest absolute Gasteiger partial charge is 0.332 e. The third-order valence-corrected chi connectivity index (χ3v) is 5.77. The largest absolute Gasteiger partial charge is 0.424 e. The van der Waals surface area contributed by atoms with Gasteiger partial charge in [0, 0.05) is 18.7 Å². The molecule has 4 rings (SSSR count). The first kappa shape index (κ1) is 25.7. The highest BCUT2D eigenvalue weighted by Crippen LogP contribution is 2.25. The highest BCUT2D eigenvalue weighted by molar-refractivity contribution is 5.77. The zero-order chi connectivity index (χ0) is 26.4. The average molecular weight is 507 g/mol. The number of amidine groups is 1. The van der Waals surface area contributed by atoms with Crippen molar-refractivity contribution in [1.29, 1.82) is 0 Å². The molecule has 0 saturated heterocycles. The van der Waals surface area contributed by atoms with Gasteiger partial charge in [0.2, 0.25) is 0 Å². The first-order valence-corrected chi connectivity index (χ1v) is 12.1. The molecule has 2 aromatic carbocycles. The van der Waals surface area contributed by atoms with Crippen LogP contribution in [-0.4, -0.2) is 29.9 Å². The van der Waals surface area contributed by atoms with Gasteiger partial charge in [0.15, 0.2) is 11.2 Å². The molecule has 3 N–H and O–H groups in total. The molecule has 0 saturated carbocycles. The van der Waals surface area contributed by atoms with Crippen LogP contribution in [0.1, 0.15) is 32.3 Å². The minimum Gasteiger partial charge on any atom is -0.424 e. The monoisotopic (exact) mass is 506 g/mol. The Bertz CT molecular complexity index is 1500. The zero-order valence-electron chi connectivity index (χ0n) is 20.8. The van der Waals surface area contributed by atoms with Gasteiger partial charge >= 0.3 is 11.7 Å². The van der Waals surface area contributed by atoms with Gasteiger partial charge in [-0.1, -0.05) is 44.2 Å². The summed E-state index contributed by atoms with van der Waals surface area (Å²) in [6.07, 6.45) is 1.34. The fraction of sp³-hybridized carbons (Fsp3) is 0.308.